The van der Waals surface area contributed by atoms with Crippen molar-refractivity contribution in [3.05, 3.63) is 83.4 Å². The molecule has 1 amide bonds. The van der Waals surface area contributed by atoms with Crippen molar-refractivity contribution >= 4 is 15.7 Å². The maximum Gasteiger partial charge on any atom is 0.257 e. The molecule has 11 heteroatoms. The van der Waals surface area contributed by atoms with E-state index in [0.29, 0.717) is 37.6 Å². The highest BCUT2D eigenvalue weighted by Gasteiger charge is 2.27. The van der Waals surface area contributed by atoms with Crippen molar-refractivity contribution < 1.29 is 27.1 Å². The molecule has 0 bridgehead atoms. The number of carbonyl (C=O) groups is 1. The van der Waals surface area contributed by atoms with Gasteiger partial charge in [-0.25, -0.2) is 17.8 Å². The summed E-state index contributed by atoms with van der Waals surface area (Å²) in [6, 6.07) is 14.8. The molecule has 1 saturated heterocycles. The molecule has 4 rings (SSSR count). The van der Waals surface area contributed by atoms with Gasteiger partial charge in [-0.05, 0) is 17.7 Å². The second-order valence-corrected chi connectivity index (χ2v) is 11.0. The van der Waals surface area contributed by atoms with E-state index in [2.05, 4.69) is 9.88 Å². The second kappa shape index (κ2) is 13.1. The number of methoxy groups -OCH3 is 1. The van der Waals surface area contributed by atoms with Crippen molar-refractivity contribution in [1.82, 2.24) is 19.4 Å². The fourth-order valence-electron chi connectivity index (χ4n) is 4.39. The summed E-state index contributed by atoms with van der Waals surface area (Å²) < 4.78 is 53.5. The van der Waals surface area contributed by atoms with Gasteiger partial charge in [-0.1, -0.05) is 42.5 Å². The van der Waals surface area contributed by atoms with Crippen LogP contribution in [-0.2, 0) is 38.2 Å². The molecule has 38 heavy (non-hydrogen) atoms. The first-order valence-corrected chi connectivity index (χ1v) is 14.2. The Labute approximate surface area is 222 Å². The zero-order valence-electron chi connectivity index (χ0n) is 21.5. The van der Waals surface area contributed by atoms with Crippen LogP contribution in [0.3, 0.4) is 0 Å². The molecule has 9 nitrogen and oxygen atoms in total. The average Bonchev–Trinajstić information content (AvgIpc) is 3.34. The predicted molar refractivity (Wildman–Crippen MR) is 140 cm³/mol. The van der Waals surface area contributed by atoms with E-state index in [-0.39, 0.29) is 36.2 Å². The van der Waals surface area contributed by atoms with Crippen LogP contribution in [0.15, 0.2) is 66.0 Å². The first kappa shape index (κ1) is 27.9. The Bertz CT molecular complexity index is 1310. The molecule has 2 aromatic carbocycles. The molecule has 2 heterocycles. The Kier molecular flexibility index (Phi) is 9.62. The zero-order valence-corrected chi connectivity index (χ0v) is 22.3. The highest BCUT2D eigenvalue weighted by atomic mass is 32.2. The van der Waals surface area contributed by atoms with Crippen molar-refractivity contribution in [2.24, 2.45) is 0 Å². The van der Waals surface area contributed by atoms with Gasteiger partial charge >= 0.3 is 0 Å². The molecule has 0 spiro atoms. The average molecular weight is 545 g/mol. The third kappa shape index (κ3) is 7.04. The minimum atomic E-state index is -3.79. The van der Waals surface area contributed by atoms with Crippen LogP contribution in [0.5, 0.6) is 0 Å². The number of morpholine rings is 1. The van der Waals surface area contributed by atoms with Crippen LogP contribution in [0.4, 0.5) is 4.39 Å². The first-order valence-electron chi connectivity index (χ1n) is 12.5. The van der Waals surface area contributed by atoms with E-state index in [9.17, 15) is 17.6 Å². The molecule has 0 radical (unpaired) electrons. The molecule has 1 aliphatic rings. The molecule has 0 aliphatic carbocycles. The van der Waals surface area contributed by atoms with Crippen LogP contribution >= 0.6 is 0 Å². The van der Waals surface area contributed by atoms with Crippen LogP contribution in [0, 0.1) is 5.82 Å². The normalized spacial score (nSPS) is 14.5. The summed E-state index contributed by atoms with van der Waals surface area (Å²) in [7, 11) is -2.25. The third-order valence-corrected chi connectivity index (χ3v) is 8.03. The standard InChI is InChI=1S/C27H33FN4O5S/c1-36-16-15-32-23(19-29-27(32)38(34,35)21-22-7-3-2-4-8-22)20-31(12-11-30-13-17-37-18-14-30)26(33)24-9-5-6-10-25(24)28/h2-10,19H,11-18,20-21H2,1H3. The monoisotopic (exact) mass is 544 g/mol. The van der Waals surface area contributed by atoms with Gasteiger partial charge in [-0.15, -0.1) is 0 Å². The summed E-state index contributed by atoms with van der Waals surface area (Å²) >= 11 is 0. The molecule has 0 saturated carbocycles. The number of halogens is 1. The van der Waals surface area contributed by atoms with E-state index in [0.717, 1.165) is 13.1 Å². The number of hydrogen-bond acceptors (Lipinski definition) is 7. The number of carbonyl (C=O) groups excluding carboxylic acids is 1. The van der Waals surface area contributed by atoms with Crippen LogP contribution in [0.1, 0.15) is 21.6 Å². The van der Waals surface area contributed by atoms with Gasteiger partial charge in [0.2, 0.25) is 15.0 Å². The quantitative estimate of drug-likeness (QED) is 0.346. The number of hydrogen-bond donors (Lipinski definition) is 0. The summed E-state index contributed by atoms with van der Waals surface area (Å²) in [5, 5.41) is -0.0835. The lowest BCUT2D eigenvalue weighted by Crippen LogP contribution is -2.43. The topological polar surface area (TPSA) is 94.0 Å². The second-order valence-electron chi connectivity index (χ2n) is 9.08. The molecule has 1 aliphatic heterocycles. The first-order chi connectivity index (χ1) is 18.4. The van der Waals surface area contributed by atoms with E-state index in [4.69, 9.17) is 9.47 Å². The van der Waals surface area contributed by atoms with Crippen molar-refractivity contribution in [2.45, 2.75) is 24.0 Å². The number of amides is 1. The maximum atomic E-state index is 14.6. The van der Waals surface area contributed by atoms with E-state index < -0.39 is 21.6 Å². The Balaban J connectivity index is 1.63. The highest BCUT2D eigenvalue weighted by Crippen LogP contribution is 2.20. The number of rotatable bonds is 12. The van der Waals surface area contributed by atoms with Gasteiger partial charge in [0.25, 0.3) is 5.91 Å². The highest BCUT2D eigenvalue weighted by molar-refractivity contribution is 7.90. The summed E-state index contributed by atoms with van der Waals surface area (Å²) in [6.07, 6.45) is 1.48. The van der Waals surface area contributed by atoms with Crippen molar-refractivity contribution in [2.75, 3.05) is 53.1 Å². The Morgan fingerprint density at radius 2 is 1.79 bits per heavy atom. The lowest BCUT2D eigenvalue weighted by atomic mass is 10.1. The zero-order chi connectivity index (χ0) is 27.0. The lowest BCUT2D eigenvalue weighted by Gasteiger charge is -2.30. The number of sulfone groups is 1. The minimum Gasteiger partial charge on any atom is -0.383 e. The van der Waals surface area contributed by atoms with Crippen LogP contribution in [0.25, 0.3) is 0 Å². The molecular formula is C27H33FN4O5S. The van der Waals surface area contributed by atoms with Gasteiger partial charge in [0.1, 0.15) is 5.82 Å². The number of nitrogens with zero attached hydrogens (tertiary/aromatic N) is 4. The molecule has 0 atom stereocenters. The van der Waals surface area contributed by atoms with E-state index >= 15 is 0 Å². The van der Waals surface area contributed by atoms with Crippen LogP contribution in [-0.4, -0.2) is 86.8 Å². The number of ether oxygens (including phenoxy) is 2. The molecular weight excluding hydrogens is 511 g/mol. The lowest BCUT2D eigenvalue weighted by molar-refractivity contribution is 0.0318. The molecule has 204 valence electrons. The van der Waals surface area contributed by atoms with Crippen molar-refractivity contribution in [1.29, 1.82) is 0 Å². The van der Waals surface area contributed by atoms with Gasteiger partial charge in [0.15, 0.2) is 0 Å². The molecule has 1 aromatic heterocycles. The Morgan fingerprint density at radius 1 is 1.08 bits per heavy atom. The smallest absolute Gasteiger partial charge is 0.257 e. The molecule has 1 fully saturated rings. The largest absolute Gasteiger partial charge is 0.383 e. The summed E-state index contributed by atoms with van der Waals surface area (Å²) in [6.45, 7) is 4.19. The van der Waals surface area contributed by atoms with Gasteiger partial charge in [-0.3, -0.25) is 9.69 Å². The summed E-state index contributed by atoms with van der Waals surface area (Å²) in [5.41, 5.74) is 1.15. The molecule has 0 N–H and O–H groups in total. The van der Waals surface area contributed by atoms with Gasteiger partial charge in [-0.2, -0.15) is 0 Å². The third-order valence-electron chi connectivity index (χ3n) is 6.43. The van der Waals surface area contributed by atoms with Gasteiger partial charge in [0.05, 0.1) is 49.6 Å². The fourth-order valence-corrected chi connectivity index (χ4v) is 5.90. The van der Waals surface area contributed by atoms with Crippen molar-refractivity contribution in [3.63, 3.8) is 0 Å². The maximum absolute atomic E-state index is 14.6. The van der Waals surface area contributed by atoms with Crippen LogP contribution < -0.4 is 0 Å². The van der Waals surface area contributed by atoms with E-state index in [1.165, 1.54) is 31.5 Å². The van der Waals surface area contributed by atoms with Gasteiger partial charge in [0, 0.05) is 39.8 Å². The number of aromatic nitrogens is 2. The summed E-state index contributed by atoms with van der Waals surface area (Å²) in [4.78, 5) is 21.5. The Hall–Kier alpha value is -3.12. The van der Waals surface area contributed by atoms with E-state index in [1.807, 2.05) is 6.07 Å². The van der Waals surface area contributed by atoms with E-state index in [1.54, 1.807) is 39.8 Å². The predicted octanol–water partition coefficient (Wildman–Crippen LogP) is 2.62. The minimum absolute atomic E-state index is 0.0330. The van der Waals surface area contributed by atoms with Gasteiger partial charge < -0.3 is 18.9 Å². The Morgan fingerprint density at radius 3 is 2.50 bits per heavy atom. The summed E-state index contributed by atoms with van der Waals surface area (Å²) in [5.74, 6) is -1.27. The molecule has 3 aromatic rings. The number of benzene rings is 2. The molecule has 0 unspecified atom stereocenters. The SMILES string of the molecule is COCCn1c(CN(CCN2CCOCC2)C(=O)c2ccccc2F)cnc1S(=O)(=O)Cc1ccccc1. The number of imidazole rings is 1. The fraction of sp³-hybridized carbons (Fsp3) is 0.407. The van der Waals surface area contributed by atoms with Crippen molar-refractivity contribution in [3.8, 4) is 0 Å². The van der Waals surface area contributed by atoms with Crippen LogP contribution in [0.2, 0.25) is 0 Å².